The monoisotopic (exact) mass is 201 g/mol. The van der Waals surface area contributed by atoms with Crippen LogP contribution in [-0.2, 0) is 0 Å². The maximum Gasteiger partial charge on any atom is 0.316 e. The fraction of sp³-hybridized carbons (Fsp3) is 0.900. The van der Waals surface area contributed by atoms with Crippen LogP contribution in [0.5, 0.6) is 0 Å². The molecule has 0 aromatic rings. The first kappa shape index (κ1) is 9.32. The maximum atomic E-state index is 11.0. The van der Waals surface area contributed by atoms with Crippen LogP contribution >= 0.6 is 11.6 Å². The molecular formula is C10H16ClNO. The highest BCUT2D eigenvalue weighted by Crippen LogP contribution is 2.35. The van der Waals surface area contributed by atoms with E-state index in [1.807, 2.05) is 4.90 Å². The Kier molecular flexibility index (Phi) is 2.77. The van der Waals surface area contributed by atoms with Crippen LogP contribution in [0.3, 0.4) is 0 Å². The van der Waals surface area contributed by atoms with Crippen molar-refractivity contribution in [3.8, 4) is 0 Å². The molecule has 0 aromatic carbocycles. The quantitative estimate of drug-likeness (QED) is 0.472. The number of carbonyl (C=O) groups excluding carboxylic acids is 1. The number of rotatable bonds is 1. The highest BCUT2D eigenvalue weighted by molar-refractivity contribution is 6.62. The van der Waals surface area contributed by atoms with Crippen molar-refractivity contribution in [2.24, 2.45) is 5.92 Å². The minimum absolute atomic E-state index is 0.248. The lowest BCUT2D eigenvalue weighted by Gasteiger charge is -2.45. The molecule has 1 unspecified atom stereocenters. The van der Waals surface area contributed by atoms with Gasteiger partial charge in [-0.25, -0.2) is 0 Å². The molecular weight excluding hydrogens is 186 g/mol. The fourth-order valence-electron chi connectivity index (χ4n) is 2.63. The second kappa shape index (κ2) is 3.87. The van der Waals surface area contributed by atoms with E-state index in [9.17, 15) is 4.79 Å². The number of likely N-dealkylation sites (tertiary alicyclic amines) is 1. The highest BCUT2D eigenvalue weighted by atomic mass is 35.5. The van der Waals surface area contributed by atoms with Gasteiger partial charge in [0, 0.05) is 12.6 Å². The smallest absolute Gasteiger partial charge is 0.316 e. The van der Waals surface area contributed by atoms with Gasteiger partial charge in [0.15, 0.2) is 0 Å². The predicted molar refractivity (Wildman–Crippen MR) is 52.9 cm³/mol. The molecule has 2 fully saturated rings. The lowest BCUT2D eigenvalue weighted by atomic mass is 9.79. The summed E-state index contributed by atoms with van der Waals surface area (Å²) in [7, 11) is 0. The zero-order valence-corrected chi connectivity index (χ0v) is 8.59. The van der Waals surface area contributed by atoms with Crippen LogP contribution in [0.4, 0.5) is 4.79 Å². The first-order chi connectivity index (χ1) is 6.29. The van der Waals surface area contributed by atoms with Crippen molar-refractivity contribution in [2.45, 2.75) is 44.6 Å². The van der Waals surface area contributed by atoms with Crippen LogP contribution in [-0.4, -0.2) is 22.9 Å². The Hall–Kier alpha value is -0.240. The van der Waals surface area contributed by atoms with Gasteiger partial charge in [0.25, 0.3) is 0 Å². The number of nitrogens with zero attached hydrogens (tertiary/aromatic N) is 1. The molecule has 1 saturated carbocycles. The summed E-state index contributed by atoms with van der Waals surface area (Å²) in [6, 6.07) is 0.477. The van der Waals surface area contributed by atoms with Crippen LogP contribution in [0.1, 0.15) is 38.5 Å². The lowest BCUT2D eigenvalue weighted by Crippen LogP contribution is -2.53. The molecule has 0 spiro atoms. The van der Waals surface area contributed by atoms with E-state index < -0.39 is 0 Å². The van der Waals surface area contributed by atoms with Crippen molar-refractivity contribution in [1.82, 2.24) is 4.90 Å². The van der Waals surface area contributed by atoms with Gasteiger partial charge in [-0.05, 0) is 36.8 Å². The van der Waals surface area contributed by atoms with Crippen molar-refractivity contribution in [1.29, 1.82) is 0 Å². The van der Waals surface area contributed by atoms with E-state index in [0.29, 0.717) is 6.04 Å². The van der Waals surface area contributed by atoms with Gasteiger partial charge in [-0.1, -0.05) is 19.3 Å². The van der Waals surface area contributed by atoms with E-state index in [2.05, 4.69) is 0 Å². The minimum Gasteiger partial charge on any atom is -0.326 e. The molecule has 0 bridgehead atoms. The Labute approximate surface area is 84.2 Å². The Balaban J connectivity index is 1.89. The Morgan fingerprint density at radius 3 is 2.31 bits per heavy atom. The van der Waals surface area contributed by atoms with Crippen molar-refractivity contribution in [2.75, 3.05) is 6.54 Å². The van der Waals surface area contributed by atoms with Gasteiger partial charge >= 0.3 is 5.37 Å². The molecule has 3 heteroatoms. The third kappa shape index (κ3) is 1.83. The average molecular weight is 202 g/mol. The van der Waals surface area contributed by atoms with E-state index >= 15 is 0 Å². The normalized spacial score (nSPS) is 29.9. The van der Waals surface area contributed by atoms with Gasteiger partial charge in [0.05, 0.1) is 0 Å². The Morgan fingerprint density at radius 1 is 1.15 bits per heavy atom. The minimum atomic E-state index is -0.248. The largest absolute Gasteiger partial charge is 0.326 e. The molecule has 74 valence electrons. The Morgan fingerprint density at radius 2 is 1.85 bits per heavy atom. The molecule has 1 saturated heterocycles. The van der Waals surface area contributed by atoms with Crippen LogP contribution in [0.25, 0.3) is 0 Å². The molecule has 1 amide bonds. The molecule has 2 nitrogen and oxygen atoms in total. The number of halogens is 1. The summed E-state index contributed by atoms with van der Waals surface area (Å²) >= 11 is 5.48. The van der Waals surface area contributed by atoms with Crippen LogP contribution in [0.2, 0.25) is 0 Å². The average Bonchev–Trinajstić information content (AvgIpc) is 2.02. The summed E-state index contributed by atoms with van der Waals surface area (Å²) in [5.41, 5.74) is 0. The fourth-order valence-corrected chi connectivity index (χ4v) is 2.84. The summed E-state index contributed by atoms with van der Waals surface area (Å²) in [6.07, 6.45) is 7.81. The Bertz CT molecular complexity index is 201. The van der Waals surface area contributed by atoms with E-state index in [0.717, 1.165) is 12.5 Å². The van der Waals surface area contributed by atoms with Crippen molar-refractivity contribution < 1.29 is 4.79 Å². The second-order valence-electron chi connectivity index (χ2n) is 4.20. The van der Waals surface area contributed by atoms with E-state index in [1.165, 1.54) is 38.5 Å². The molecule has 2 rings (SSSR count). The summed E-state index contributed by atoms with van der Waals surface area (Å²) in [5.74, 6) is 0.741. The number of amides is 1. The standard InChI is InChI=1S/C10H16ClNO/c11-10(13)12-7-6-9(12)8-4-2-1-3-5-8/h8-9H,1-7H2. The van der Waals surface area contributed by atoms with Gasteiger partial charge in [0.2, 0.25) is 0 Å². The second-order valence-corrected chi connectivity index (χ2v) is 4.52. The summed E-state index contributed by atoms with van der Waals surface area (Å²) in [5, 5.41) is -0.248. The van der Waals surface area contributed by atoms with Crippen molar-refractivity contribution >= 4 is 17.0 Å². The third-order valence-electron chi connectivity index (χ3n) is 3.49. The predicted octanol–water partition coefficient (Wildman–Crippen LogP) is 3.00. The van der Waals surface area contributed by atoms with Crippen LogP contribution in [0, 0.1) is 5.92 Å². The van der Waals surface area contributed by atoms with Gasteiger partial charge in [-0.3, -0.25) is 4.79 Å². The van der Waals surface area contributed by atoms with E-state index in [1.54, 1.807) is 0 Å². The molecule has 1 heterocycles. The number of hydrogen-bond donors (Lipinski definition) is 0. The van der Waals surface area contributed by atoms with Crippen molar-refractivity contribution in [3.05, 3.63) is 0 Å². The number of carbonyl (C=O) groups is 1. The zero-order chi connectivity index (χ0) is 9.26. The van der Waals surface area contributed by atoms with Crippen LogP contribution in [0.15, 0.2) is 0 Å². The first-order valence-corrected chi connectivity index (χ1v) is 5.63. The van der Waals surface area contributed by atoms with E-state index in [4.69, 9.17) is 11.6 Å². The topological polar surface area (TPSA) is 20.3 Å². The van der Waals surface area contributed by atoms with Gasteiger partial charge < -0.3 is 4.90 Å². The molecule has 0 N–H and O–H groups in total. The van der Waals surface area contributed by atoms with Crippen LogP contribution < -0.4 is 0 Å². The third-order valence-corrected chi connectivity index (χ3v) is 3.70. The SMILES string of the molecule is O=C(Cl)N1CCC1C1CCCCC1. The van der Waals surface area contributed by atoms with Gasteiger partial charge in [-0.15, -0.1) is 0 Å². The molecule has 13 heavy (non-hydrogen) atoms. The lowest BCUT2D eigenvalue weighted by molar-refractivity contribution is 0.0730. The molecule has 0 aromatic heterocycles. The van der Waals surface area contributed by atoms with Gasteiger partial charge in [0.1, 0.15) is 0 Å². The molecule has 1 atom stereocenters. The summed E-state index contributed by atoms with van der Waals surface area (Å²) in [6.45, 7) is 0.878. The van der Waals surface area contributed by atoms with Gasteiger partial charge in [-0.2, -0.15) is 0 Å². The summed E-state index contributed by atoms with van der Waals surface area (Å²) < 4.78 is 0. The maximum absolute atomic E-state index is 11.0. The van der Waals surface area contributed by atoms with E-state index in [-0.39, 0.29) is 5.37 Å². The molecule has 1 aliphatic heterocycles. The molecule has 1 aliphatic carbocycles. The molecule has 2 aliphatic rings. The van der Waals surface area contributed by atoms with Crippen molar-refractivity contribution in [3.63, 3.8) is 0 Å². The highest BCUT2D eigenvalue weighted by Gasteiger charge is 2.37. The molecule has 0 radical (unpaired) electrons. The first-order valence-electron chi connectivity index (χ1n) is 5.25. The summed E-state index contributed by atoms with van der Waals surface area (Å²) in [4.78, 5) is 12.8. The zero-order valence-electron chi connectivity index (χ0n) is 7.84. The number of hydrogen-bond acceptors (Lipinski definition) is 1.